The van der Waals surface area contributed by atoms with Crippen molar-refractivity contribution in [3.8, 4) is 5.75 Å². The maximum Gasteiger partial charge on any atom is 0.249 e. The monoisotopic (exact) mass is 478 g/mol. The van der Waals surface area contributed by atoms with Crippen LogP contribution in [0.5, 0.6) is 5.75 Å². The number of methoxy groups -OCH3 is 1. The van der Waals surface area contributed by atoms with E-state index < -0.39 is 18.2 Å². The van der Waals surface area contributed by atoms with Crippen molar-refractivity contribution in [3.63, 3.8) is 0 Å². The highest BCUT2D eigenvalue weighted by Gasteiger charge is 2.48. The Kier molecular flexibility index (Phi) is 7.86. The number of amides is 2. The fourth-order valence-electron chi connectivity index (χ4n) is 4.44. The van der Waals surface area contributed by atoms with Crippen LogP contribution in [0.2, 0.25) is 0 Å². The normalized spacial score (nSPS) is 19.9. The molecule has 0 spiro atoms. The molecule has 1 aliphatic carbocycles. The third-order valence-corrected chi connectivity index (χ3v) is 6.96. The Morgan fingerprint density at radius 2 is 1.63 bits per heavy atom. The maximum atomic E-state index is 13.5. The van der Waals surface area contributed by atoms with Crippen molar-refractivity contribution in [2.24, 2.45) is 5.41 Å². The van der Waals surface area contributed by atoms with Gasteiger partial charge in [-0.3, -0.25) is 14.4 Å². The highest BCUT2D eigenvalue weighted by Crippen LogP contribution is 2.46. The molecular formula is C28H34N2O5. The molecule has 35 heavy (non-hydrogen) atoms. The summed E-state index contributed by atoms with van der Waals surface area (Å²) in [5.41, 5.74) is 1.46. The van der Waals surface area contributed by atoms with E-state index in [-0.39, 0.29) is 29.4 Å². The summed E-state index contributed by atoms with van der Waals surface area (Å²) in [4.78, 5) is 39.7. The number of ether oxygens (including phenoxy) is 2. The molecule has 1 aliphatic heterocycles. The van der Waals surface area contributed by atoms with Gasteiger partial charge >= 0.3 is 0 Å². The highest BCUT2D eigenvalue weighted by molar-refractivity contribution is 5.97. The van der Waals surface area contributed by atoms with E-state index in [0.717, 1.165) is 30.4 Å². The van der Waals surface area contributed by atoms with Gasteiger partial charge in [-0.25, -0.2) is 0 Å². The van der Waals surface area contributed by atoms with E-state index in [1.165, 1.54) is 0 Å². The predicted molar refractivity (Wildman–Crippen MR) is 132 cm³/mol. The van der Waals surface area contributed by atoms with Crippen molar-refractivity contribution < 1.29 is 23.9 Å². The molecule has 4 rings (SSSR count). The molecule has 7 heteroatoms. The first kappa shape index (κ1) is 24.9. The molecule has 2 amide bonds. The number of ketones is 1. The van der Waals surface area contributed by atoms with Gasteiger partial charge in [-0.2, -0.15) is 0 Å². The van der Waals surface area contributed by atoms with Crippen LogP contribution in [0.15, 0.2) is 54.6 Å². The van der Waals surface area contributed by atoms with E-state index >= 15 is 0 Å². The summed E-state index contributed by atoms with van der Waals surface area (Å²) in [5.74, 6) is 0.0923. The Balaban J connectivity index is 1.52. The van der Waals surface area contributed by atoms with Gasteiger partial charge in [0.25, 0.3) is 0 Å². The number of hydrogen-bond donors (Lipinski definition) is 2. The van der Waals surface area contributed by atoms with Crippen LogP contribution in [0.25, 0.3) is 0 Å². The summed E-state index contributed by atoms with van der Waals surface area (Å²) < 4.78 is 10.7. The molecule has 0 radical (unpaired) electrons. The number of carbonyl (C=O) groups excluding carboxylic acids is 3. The number of rotatable bonds is 11. The van der Waals surface area contributed by atoms with Gasteiger partial charge in [-0.15, -0.1) is 0 Å². The highest BCUT2D eigenvalue weighted by atomic mass is 16.5. The molecule has 2 aromatic carbocycles. The van der Waals surface area contributed by atoms with E-state index in [2.05, 4.69) is 10.6 Å². The molecule has 3 atom stereocenters. The summed E-state index contributed by atoms with van der Waals surface area (Å²) in [7, 11) is 1.59. The summed E-state index contributed by atoms with van der Waals surface area (Å²) in [5, 5.41) is 5.86. The minimum Gasteiger partial charge on any atom is -0.497 e. The first-order chi connectivity index (χ1) is 16.9. The van der Waals surface area contributed by atoms with Gasteiger partial charge in [-0.05, 0) is 55.4 Å². The third-order valence-electron chi connectivity index (χ3n) is 6.96. The van der Waals surface area contributed by atoms with Crippen LogP contribution in [-0.2, 0) is 32.0 Å². The van der Waals surface area contributed by atoms with Crippen molar-refractivity contribution in [3.05, 3.63) is 65.7 Å². The number of Topliss-reactive ketones (excluding diaryl/α,β-unsaturated/α-hetero) is 1. The lowest BCUT2D eigenvalue weighted by Crippen LogP contribution is -2.55. The molecule has 1 heterocycles. The fraction of sp³-hybridized carbons (Fsp3) is 0.464. The van der Waals surface area contributed by atoms with E-state index in [1.54, 1.807) is 7.11 Å². The quantitative estimate of drug-likeness (QED) is 0.518. The van der Waals surface area contributed by atoms with Crippen LogP contribution in [0, 0.1) is 5.41 Å². The van der Waals surface area contributed by atoms with E-state index in [9.17, 15) is 14.4 Å². The number of hydrogen-bond acceptors (Lipinski definition) is 5. The Morgan fingerprint density at radius 1 is 0.971 bits per heavy atom. The Hall–Kier alpha value is -3.19. The van der Waals surface area contributed by atoms with Crippen molar-refractivity contribution in [2.75, 3.05) is 13.7 Å². The van der Waals surface area contributed by atoms with Gasteiger partial charge in [0, 0.05) is 18.4 Å². The molecule has 2 fully saturated rings. The molecule has 0 aromatic heterocycles. The number of nitrogens with one attached hydrogen (secondary N) is 2. The zero-order chi connectivity index (χ0) is 24.8. The molecule has 1 saturated carbocycles. The van der Waals surface area contributed by atoms with Gasteiger partial charge in [0.05, 0.1) is 13.2 Å². The van der Waals surface area contributed by atoms with Crippen LogP contribution in [0.4, 0.5) is 0 Å². The standard InChI is InChI=1S/C28H34N2O5/c1-28(14-15-28)25(31)22(17-19-7-4-3-5-8-19)29-26(32)23(30-27(33)24-9-6-16-35-24)18-20-10-12-21(34-2)13-11-20/h3-5,7-8,10-13,22-24H,6,9,14-18H2,1-2H3,(H,29,32)(H,30,33)/t22-,23?,24-/m1/s1. The summed E-state index contributed by atoms with van der Waals surface area (Å²) in [6, 6.07) is 15.6. The van der Waals surface area contributed by atoms with Gasteiger partial charge in [0.2, 0.25) is 11.8 Å². The van der Waals surface area contributed by atoms with Crippen molar-refractivity contribution in [1.82, 2.24) is 10.6 Å². The lowest BCUT2D eigenvalue weighted by atomic mass is 9.92. The first-order valence-corrected chi connectivity index (χ1v) is 12.3. The SMILES string of the molecule is COc1ccc(CC(NC(=O)[C@H]2CCCO2)C(=O)N[C@H](Cc2ccccc2)C(=O)C2(C)CC2)cc1. The van der Waals surface area contributed by atoms with Crippen molar-refractivity contribution in [2.45, 2.75) is 63.6 Å². The van der Waals surface area contributed by atoms with E-state index in [1.807, 2.05) is 61.5 Å². The average molecular weight is 479 g/mol. The molecule has 2 aromatic rings. The van der Waals surface area contributed by atoms with Crippen LogP contribution in [0.1, 0.15) is 43.7 Å². The zero-order valence-corrected chi connectivity index (χ0v) is 20.4. The maximum absolute atomic E-state index is 13.5. The minimum atomic E-state index is -0.835. The predicted octanol–water partition coefficient (Wildman–Crippen LogP) is 3.00. The summed E-state index contributed by atoms with van der Waals surface area (Å²) >= 11 is 0. The molecule has 0 bridgehead atoms. The first-order valence-electron chi connectivity index (χ1n) is 12.3. The Bertz CT molecular complexity index is 1030. The summed E-state index contributed by atoms with van der Waals surface area (Å²) in [6.07, 6.45) is 3.27. The molecule has 1 saturated heterocycles. The second kappa shape index (κ2) is 11.0. The lowest BCUT2D eigenvalue weighted by molar-refractivity contribution is -0.135. The number of carbonyl (C=O) groups is 3. The van der Waals surface area contributed by atoms with Crippen molar-refractivity contribution >= 4 is 17.6 Å². The van der Waals surface area contributed by atoms with Gasteiger partial charge < -0.3 is 20.1 Å². The Morgan fingerprint density at radius 3 is 2.23 bits per heavy atom. The second-order valence-electron chi connectivity index (χ2n) is 9.79. The second-order valence-corrected chi connectivity index (χ2v) is 9.79. The molecule has 7 nitrogen and oxygen atoms in total. The van der Waals surface area contributed by atoms with Gasteiger partial charge in [-0.1, -0.05) is 49.4 Å². The average Bonchev–Trinajstić information content (AvgIpc) is 3.39. The third kappa shape index (κ3) is 6.48. The molecule has 1 unspecified atom stereocenters. The van der Waals surface area contributed by atoms with Gasteiger partial charge in [0.1, 0.15) is 17.9 Å². The van der Waals surface area contributed by atoms with Crippen molar-refractivity contribution in [1.29, 1.82) is 0 Å². The zero-order valence-electron chi connectivity index (χ0n) is 20.4. The van der Waals surface area contributed by atoms with E-state index in [4.69, 9.17) is 9.47 Å². The number of benzene rings is 2. The topological polar surface area (TPSA) is 93.7 Å². The van der Waals surface area contributed by atoms with Gasteiger partial charge in [0.15, 0.2) is 5.78 Å². The van der Waals surface area contributed by atoms with Crippen LogP contribution < -0.4 is 15.4 Å². The Labute approximate surface area is 206 Å². The minimum absolute atomic E-state index is 0.0448. The van der Waals surface area contributed by atoms with Crippen LogP contribution in [0.3, 0.4) is 0 Å². The lowest BCUT2D eigenvalue weighted by Gasteiger charge is -2.25. The van der Waals surface area contributed by atoms with Crippen LogP contribution in [-0.4, -0.2) is 49.5 Å². The smallest absolute Gasteiger partial charge is 0.249 e. The summed E-state index contributed by atoms with van der Waals surface area (Å²) in [6.45, 7) is 2.49. The van der Waals surface area contributed by atoms with E-state index in [0.29, 0.717) is 25.2 Å². The molecule has 2 N–H and O–H groups in total. The molecule has 186 valence electrons. The largest absolute Gasteiger partial charge is 0.497 e. The van der Waals surface area contributed by atoms with Crippen LogP contribution >= 0.6 is 0 Å². The molecule has 2 aliphatic rings. The molecular weight excluding hydrogens is 444 g/mol. The fourth-order valence-corrected chi connectivity index (χ4v) is 4.44.